The van der Waals surface area contributed by atoms with Crippen molar-refractivity contribution in [3.8, 4) is 11.4 Å². The number of nitrogens with zero attached hydrogens (tertiary/aromatic N) is 5. The van der Waals surface area contributed by atoms with Crippen LogP contribution in [0.2, 0.25) is 0 Å². The molecule has 4 heterocycles. The zero-order valence-electron chi connectivity index (χ0n) is 13.3. The normalized spacial score (nSPS) is 14.2. The SMILES string of the molecule is O=[N+]([O-])c1ccc(CN2CCc3nc(-c4cccnc4)ncc3C2)o1. The number of pyridine rings is 1. The van der Waals surface area contributed by atoms with Crippen LogP contribution in [0, 0.1) is 10.1 Å². The standard InChI is InChI=1S/C17H15N5O3/c23-22(24)16-4-3-14(25-16)11-21-7-5-15-13(10-21)9-19-17(20-15)12-2-1-6-18-8-12/h1-4,6,8-9H,5,7,10-11H2. The van der Waals surface area contributed by atoms with Crippen LogP contribution in [0.4, 0.5) is 5.88 Å². The summed E-state index contributed by atoms with van der Waals surface area (Å²) in [5.41, 5.74) is 3.01. The van der Waals surface area contributed by atoms with Crippen LogP contribution in [-0.4, -0.2) is 31.3 Å². The molecule has 0 bridgehead atoms. The van der Waals surface area contributed by atoms with E-state index in [2.05, 4.69) is 19.9 Å². The lowest BCUT2D eigenvalue weighted by atomic mass is 10.1. The Kier molecular flexibility index (Phi) is 3.95. The Morgan fingerprint density at radius 1 is 1.28 bits per heavy atom. The highest BCUT2D eigenvalue weighted by atomic mass is 16.6. The van der Waals surface area contributed by atoms with Gasteiger partial charge in [-0.2, -0.15) is 0 Å². The molecule has 0 radical (unpaired) electrons. The van der Waals surface area contributed by atoms with E-state index in [-0.39, 0.29) is 5.88 Å². The highest BCUT2D eigenvalue weighted by molar-refractivity contribution is 5.53. The van der Waals surface area contributed by atoms with Gasteiger partial charge in [-0.25, -0.2) is 9.97 Å². The van der Waals surface area contributed by atoms with Gasteiger partial charge < -0.3 is 4.42 Å². The van der Waals surface area contributed by atoms with Crippen molar-refractivity contribution in [1.82, 2.24) is 19.9 Å². The maximum absolute atomic E-state index is 10.7. The molecular weight excluding hydrogens is 322 g/mol. The fraction of sp³-hybridized carbons (Fsp3) is 0.235. The molecule has 3 aromatic heterocycles. The van der Waals surface area contributed by atoms with Crippen LogP contribution in [0.1, 0.15) is 17.0 Å². The molecule has 0 aliphatic carbocycles. The molecule has 0 saturated carbocycles. The largest absolute Gasteiger partial charge is 0.433 e. The summed E-state index contributed by atoms with van der Waals surface area (Å²) < 4.78 is 5.23. The first kappa shape index (κ1) is 15.4. The summed E-state index contributed by atoms with van der Waals surface area (Å²) >= 11 is 0. The number of aromatic nitrogens is 3. The molecule has 4 rings (SSSR count). The minimum absolute atomic E-state index is 0.225. The zero-order chi connectivity index (χ0) is 17.2. The van der Waals surface area contributed by atoms with E-state index < -0.39 is 4.92 Å². The Hall–Kier alpha value is -3.13. The van der Waals surface area contributed by atoms with Crippen molar-refractivity contribution in [2.45, 2.75) is 19.5 Å². The maximum atomic E-state index is 10.7. The summed E-state index contributed by atoms with van der Waals surface area (Å²) in [5, 5.41) is 10.7. The third-order valence-electron chi connectivity index (χ3n) is 4.14. The van der Waals surface area contributed by atoms with Gasteiger partial charge in [0.2, 0.25) is 0 Å². The highest BCUT2D eigenvalue weighted by Crippen LogP contribution is 2.23. The van der Waals surface area contributed by atoms with Crippen molar-refractivity contribution in [3.63, 3.8) is 0 Å². The van der Waals surface area contributed by atoms with Gasteiger partial charge in [0.1, 0.15) is 10.7 Å². The van der Waals surface area contributed by atoms with Crippen molar-refractivity contribution in [2.75, 3.05) is 6.54 Å². The molecule has 8 nitrogen and oxygen atoms in total. The van der Waals surface area contributed by atoms with Crippen molar-refractivity contribution in [1.29, 1.82) is 0 Å². The zero-order valence-corrected chi connectivity index (χ0v) is 13.3. The smallest absolute Gasteiger partial charge is 0.404 e. The second-order valence-corrected chi connectivity index (χ2v) is 5.86. The lowest BCUT2D eigenvalue weighted by molar-refractivity contribution is -0.402. The molecule has 0 spiro atoms. The molecule has 0 atom stereocenters. The van der Waals surface area contributed by atoms with Crippen LogP contribution < -0.4 is 0 Å². The van der Waals surface area contributed by atoms with Gasteiger partial charge in [-0.1, -0.05) is 0 Å². The number of rotatable bonds is 4. The minimum Gasteiger partial charge on any atom is -0.404 e. The van der Waals surface area contributed by atoms with Crippen LogP contribution in [-0.2, 0) is 19.5 Å². The fourth-order valence-corrected chi connectivity index (χ4v) is 2.91. The summed E-state index contributed by atoms with van der Waals surface area (Å²) in [4.78, 5) is 25.5. The maximum Gasteiger partial charge on any atom is 0.433 e. The third kappa shape index (κ3) is 3.24. The molecule has 0 fully saturated rings. The number of nitro groups is 1. The monoisotopic (exact) mass is 337 g/mol. The second-order valence-electron chi connectivity index (χ2n) is 5.86. The molecule has 0 N–H and O–H groups in total. The number of furan rings is 1. The van der Waals surface area contributed by atoms with Crippen LogP contribution in [0.15, 0.2) is 47.3 Å². The van der Waals surface area contributed by atoms with Crippen molar-refractivity contribution in [2.24, 2.45) is 0 Å². The molecule has 1 aliphatic rings. The van der Waals surface area contributed by atoms with E-state index >= 15 is 0 Å². The molecular formula is C17H15N5O3. The number of hydrogen-bond donors (Lipinski definition) is 0. The van der Waals surface area contributed by atoms with E-state index in [1.54, 1.807) is 18.5 Å². The Morgan fingerprint density at radius 2 is 2.20 bits per heavy atom. The van der Waals surface area contributed by atoms with E-state index in [1.165, 1.54) is 6.07 Å². The van der Waals surface area contributed by atoms with Crippen LogP contribution in [0.5, 0.6) is 0 Å². The Balaban J connectivity index is 1.49. The molecule has 0 amide bonds. The van der Waals surface area contributed by atoms with Gasteiger partial charge in [0, 0.05) is 49.2 Å². The summed E-state index contributed by atoms with van der Waals surface area (Å²) in [6.07, 6.45) is 6.12. The summed E-state index contributed by atoms with van der Waals surface area (Å²) in [6, 6.07) is 6.84. The number of fused-ring (bicyclic) bond motifs is 1. The first-order chi connectivity index (χ1) is 12.2. The predicted molar refractivity (Wildman–Crippen MR) is 88.4 cm³/mol. The van der Waals surface area contributed by atoms with Gasteiger partial charge in [-0.15, -0.1) is 0 Å². The quantitative estimate of drug-likeness (QED) is 0.533. The van der Waals surface area contributed by atoms with E-state index in [9.17, 15) is 10.1 Å². The summed E-state index contributed by atoms with van der Waals surface area (Å²) in [6.45, 7) is 2.03. The van der Waals surface area contributed by atoms with Crippen molar-refractivity contribution in [3.05, 3.63) is 70.0 Å². The molecule has 1 aliphatic heterocycles. The van der Waals surface area contributed by atoms with E-state index in [0.29, 0.717) is 24.7 Å². The predicted octanol–water partition coefficient (Wildman–Crippen LogP) is 2.60. The van der Waals surface area contributed by atoms with Crippen LogP contribution in [0.3, 0.4) is 0 Å². The first-order valence-electron chi connectivity index (χ1n) is 7.90. The van der Waals surface area contributed by atoms with Gasteiger partial charge in [0.05, 0.1) is 18.3 Å². The summed E-state index contributed by atoms with van der Waals surface area (Å²) in [5.74, 6) is 1.04. The van der Waals surface area contributed by atoms with Crippen LogP contribution >= 0.6 is 0 Å². The second kappa shape index (κ2) is 6.40. The molecule has 126 valence electrons. The fourth-order valence-electron chi connectivity index (χ4n) is 2.91. The average molecular weight is 337 g/mol. The molecule has 8 heteroatoms. The molecule has 25 heavy (non-hydrogen) atoms. The van der Waals surface area contributed by atoms with Gasteiger partial charge in [0.15, 0.2) is 5.82 Å². The lowest BCUT2D eigenvalue weighted by Crippen LogP contribution is -2.30. The van der Waals surface area contributed by atoms with E-state index in [0.717, 1.165) is 29.8 Å². The Bertz CT molecular complexity index is 910. The molecule has 0 unspecified atom stereocenters. The van der Waals surface area contributed by atoms with E-state index in [4.69, 9.17) is 4.42 Å². The highest BCUT2D eigenvalue weighted by Gasteiger charge is 2.21. The van der Waals surface area contributed by atoms with Gasteiger partial charge >= 0.3 is 5.88 Å². The lowest BCUT2D eigenvalue weighted by Gasteiger charge is -2.27. The summed E-state index contributed by atoms with van der Waals surface area (Å²) in [7, 11) is 0. The third-order valence-corrected chi connectivity index (χ3v) is 4.14. The van der Waals surface area contributed by atoms with Crippen LogP contribution in [0.25, 0.3) is 11.4 Å². The minimum atomic E-state index is -0.525. The Labute approximate surface area is 143 Å². The van der Waals surface area contributed by atoms with E-state index in [1.807, 2.05) is 18.3 Å². The van der Waals surface area contributed by atoms with Gasteiger partial charge in [0.25, 0.3) is 0 Å². The topological polar surface area (TPSA) is 98.2 Å². The molecule has 0 saturated heterocycles. The number of hydrogen-bond acceptors (Lipinski definition) is 7. The van der Waals surface area contributed by atoms with Gasteiger partial charge in [-0.3, -0.25) is 20.0 Å². The molecule has 3 aromatic rings. The molecule has 0 aromatic carbocycles. The van der Waals surface area contributed by atoms with Gasteiger partial charge in [-0.05, 0) is 18.2 Å². The average Bonchev–Trinajstić information content (AvgIpc) is 3.11. The van der Waals surface area contributed by atoms with Crippen molar-refractivity contribution >= 4 is 5.88 Å². The first-order valence-corrected chi connectivity index (χ1v) is 7.90. The Morgan fingerprint density at radius 3 is 2.96 bits per heavy atom. The van der Waals surface area contributed by atoms with Crippen molar-refractivity contribution < 1.29 is 9.34 Å².